The highest BCUT2D eigenvalue weighted by molar-refractivity contribution is 5.29. The molecule has 4 nitrogen and oxygen atoms in total. The zero-order valence-corrected chi connectivity index (χ0v) is 9.91. The fourth-order valence-corrected chi connectivity index (χ4v) is 1.22. The molecule has 0 bridgehead atoms. The van der Waals surface area contributed by atoms with Crippen molar-refractivity contribution in [2.24, 2.45) is 5.73 Å². The lowest BCUT2D eigenvalue weighted by molar-refractivity contribution is 0.763. The molecular formula is C11H20N4. The SMILES string of the molecule is Cc1cc(C(C)C)nc(NCC(C)N)n1. The van der Waals surface area contributed by atoms with Crippen LogP contribution in [0.1, 0.15) is 38.1 Å². The summed E-state index contributed by atoms with van der Waals surface area (Å²) in [7, 11) is 0. The molecule has 1 aromatic rings. The molecule has 3 N–H and O–H groups in total. The molecule has 0 saturated carbocycles. The van der Waals surface area contributed by atoms with Gasteiger partial charge in [-0.25, -0.2) is 9.97 Å². The van der Waals surface area contributed by atoms with Crippen molar-refractivity contribution >= 4 is 5.95 Å². The van der Waals surface area contributed by atoms with Crippen LogP contribution in [0.3, 0.4) is 0 Å². The Hall–Kier alpha value is -1.16. The maximum absolute atomic E-state index is 5.66. The van der Waals surface area contributed by atoms with Gasteiger partial charge in [-0.2, -0.15) is 0 Å². The third kappa shape index (κ3) is 3.83. The largest absolute Gasteiger partial charge is 0.353 e. The van der Waals surface area contributed by atoms with Crippen LogP contribution in [0, 0.1) is 6.92 Å². The summed E-state index contributed by atoms with van der Waals surface area (Å²) in [5.41, 5.74) is 7.71. The van der Waals surface area contributed by atoms with Crippen molar-refractivity contribution in [3.63, 3.8) is 0 Å². The first-order chi connectivity index (χ1) is 6.99. The standard InChI is InChI=1S/C11H20N4/c1-7(2)10-5-9(4)14-11(15-10)13-6-8(3)12/h5,7-8H,6,12H2,1-4H3,(H,13,14,15). The van der Waals surface area contributed by atoms with Gasteiger partial charge in [-0.1, -0.05) is 13.8 Å². The summed E-state index contributed by atoms with van der Waals surface area (Å²) >= 11 is 0. The molecule has 1 unspecified atom stereocenters. The van der Waals surface area contributed by atoms with Crippen molar-refractivity contribution in [1.82, 2.24) is 9.97 Å². The van der Waals surface area contributed by atoms with Gasteiger partial charge in [0.05, 0.1) is 0 Å². The summed E-state index contributed by atoms with van der Waals surface area (Å²) in [6.07, 6.45) is 0. The van der Waals surface area contributed by atoms with Crippen molar-refractivity contribution in [2.75, 3.05) is 11.9 Å². The van der Waals surface area contributed by atoms with E-state index in [1.54, 1.807) is 0 Å². The van der Waals surface area contributed by atoms with E-state index in [-0.39, 0.29) is 6.04 Å². The Morgan fingerprint density at radius 1 is 1.33 bits per heavy atom. The Kier molecular flexibility index (Phi) is 4.03. The van der Waals surface area contributed by atoms with Crippen LogP contribution in [0.4, 0.5) is 5.95 Å². The van der Waals surface area contributed by atoms with E-state index in [2.05, 4.69) is 29.1 Å². The van der Waals surface area contributed by atoms with Crippen LogP contribution in [0.15, 0.2) is 6.07 Å². The highest BCUT2D eigenvalue weighted by Gasteiger charge is 2.05. The number of nitrogens with two attached hydrogens (primary N) is 1. The number of nitrogens with zero attached hydrogens (tertiary/aromatic N) is 2. The van der Waals surface area contributed by atoms with E-state index in [1.165, 1.54) is 0 Å². The third-order valence-electron chi connectivity index (χ3n) is 2.05. The molecule has 4 heteroatoms. The van der Waals surface area contributed by atoms with Gasteiger partial charge in [-0.05, 0) is 25.8 Å². The molecule has 0 amide bonds. The van der Waals surface area contributed by atoms with Crippen molar-refractivity contribution in [2.45, 2.75) is 39.7 Å². The van der Waals surface area contributed by atoms with Crippen LogP contribution in [0.5, 0.6) is 0 Å². The quantitative estimate of drug-likeness (QED) is 0.790. The Bertz CT molecular complexity index is 320. The van der Waals surface area contributed by atoms with E-state index in [1.807, 2.05) is 19.9 Å². The predicted octanol–water partition coefficient (Wildman–Crippen LogP) is 1.67. The number of hydrogen-bond acceptors (Lipinski definition) is 4. The maximum atomic E-state index is 5.66. The number of rotatable bonds is 4. The molecule has 1 heterocycles. The van der Waals surface area contributed by atoms with E-state index in [9.17, 15) is 0 Å². The predicted molar refractivity (Wildman–Crippen MR) is 63.0 cm³/mol. The molecule has 1 rings (SSSR count). The zero-order chi connectivity index (χ0) is 11.4. The lowest BCUT2D eigenvalue weighted by atomic mass is 10.1. The second-order valence-corrected chi connectivity index (χ2v) is 4.27. The van der Waals surface area contributed by atoms with Gasteiger partial charge in [0.15, 0.2) is 0 Å². The molecule has 0 fully saturated rings. The molecule has 0 aliphatic heterocycles. The molecule has 1 atom stereocenters. The van der Waals surface area contributed by atoms with Gasteiger partial charge in [-0.15, -0.1) is 0 Å². The maximum Gasteiger partial charge on any atom is 0.223 e. The van der Waals surface area contributed by atoms with Crippen molar-refractivity contribution in [1.29, 1.82) is 0 Å². The van der Waals surface area contributed by atoms with Gasteiger partial charge < -0.3 is 11.1 Å². The minimum atomic E-state index is 0.108. The number of anilines is 1. The Balaban J connectivity index is 2.79. The van der Waals surface area contributed by atoms with Crippen molar-refractivity contribution < 1.29 is 0 Å². The average molecular weight is 208 g/mol. The number of hydrogen-bond donors (Lipinski definition) is 2. The summed E-state index contributed by atoms with van der Waals surface area (Å²) in [6.45, 7) is 8.87. The highest BCUT2D eigenvalue weighted by atomic mass is 15.1. The van der Waals surface area contributed by atoms with Crippen LogP contribution < -0.4 is 11.1 Å². The second kappa shape index (κ2) is 5.07. The first kappa shape index (κ1) is 11.9. The normalized spacial score (nSPS) is 12.9. The van der Waals surface area contributed by atoms with Crippen LogP contribution in [-0.2, 0) is 0 Å². The van der Waals surface area contributed by atoms with Gasteiger partial charge in [0.25, 0.3) is 0 Å². The fraction of sp³-hybridized carbons (Fsp3) is 0.636. The van der Waals surface area contributed by atoms with Gasteiger partial charge >= 0.3 is 0 Å². The minimum absolute atomic E-state index is 0.108. The van der Waals surface area contributed by atoms with E-state index in [0.717, 1.165) is 11.4 Å². The zero-order valence-electron chi connectivity index (χ0n) is 9.91. The van der Waals surface area contributed by atoms with Crippen LogP contribution in [0.2, 0.25) is 0 Å². The lowest BCUT2D eigenvalue weighted by Crippen LogP contribution is -2.26. The third-order valence-corrected chi connectivity index (χ3v) is 2.05. The number of nitrogens with one attached hydrogen (secondary N) is 1. The number of aryl methyl sites for hydroxylation is 1. The summed E-state index contributed by atoms with van der Waals surface area (Å²) in [5.74, 6) is 1.10. The average Bonchev–Trinajstić information content (AvgIpc) is 2.13. The summed E-state index contributed by atoms with van der Waals surface area (Å²) in [4.78, 5) is 8.74. The van der Waals surface area contributed by atoms with E-state index in [0.29, 0.717) is 18.4 Å². The first-order valence-corrected chi connectivity index (χ1v) is 5.34. The van der Waals surface area contributed by atoms with Gasteiger partial charge in [-0.3, -0.25) is 0 Å². The molecule has 84 valence electrons. The smallest absolute Gasteiger partial charge is 0.223 e. The topological polar surface area (TPSA) is 63.8 Å². The van der Waals surface area contributed by atoms with E-state index < -0.39 is 0 Å². The number of aromatic nitrogens is 2. The Morgan fingerprint density at radius 2 is 2.00 bits per heavy atom. The molecule has 0 saturated heterocycles. The van der Waals surface area contributed by atoms with Crippen LogP contribution in [0.25, 0.3) is 0 Å². The molecule has 1 aromatic heterocycles. The summed E-state index contributed by atoms with van der Waals surface area (Å²) in [6, 6.07) is 2.12. The molecule has 0 spiro atoms. The monoisotopic (exact) mass is 208 g/mol. The van der Waals surface area contributed by atoms with E-state index >= 15 is 0 Å². The molecular weight excluding hydrogens is 188 g/mol. The summed E-state index contributed by atoms with van der Waals surface area (Å²) in [5, 5.41) is 3.13. The molecule has 15 heavy (non-hydrogen) atoms. The van der Waals surface area contributed by atoms with Gasteiger partial charge in [0, 0.05) is 24.0 Å². The van der Waals surface area contributed by atoms with Crippen molar-refractivity contribution in [3.05, 3.63) is 17.5 Å². The molecule has 0 aromatic carbocycles. The fourth-order valence-electron chi connectivity index (χ4n) is 1.22. The second-order valence-electron chi connectivity index (χ2n) is 4.27. The van der Waals surface area contributed by atoms with Crippen LogP contribution >= 0.6 is 0 Å². The molecule has 0 aliphatic rings. The van der Waals surface area contributed by atoms with Crippen molar-refractivity contribution in [3.8, 4) is 0 Å². The Labute approximate surface area is 91.3 Å². The van der Waals surface area contributed by atoms with E-state index in [4.69, 9.17) is 5.73 Å². The summed E-state index contributed by atoms with van der Waals surface area (Å²) < 4.78 is 0. The lowest BCUT2D eigenvalue weighted by Gasteiger charge is -2.11. The van der Waals surface area contributed by atoms with Crippen LogP contribution in [-0.4, -0.2) is 22.6 Å². The van der Waals surface area contributed by atoms with Gasteiger partial charge in [0.2, 0.25) is 5.95 Å². The first-order valence-electron chi connectivity index (χ1n) is 5.34. The molecule has 0 radical (unpaired) electrons. The minimum Gasteiger partial charge on any atom is -0.353 e. The Morgan fingerprint density at radius 3 is 2.53 bits per heavy atom. The van der Waals surface area contributed by atoms with Gasteiger partial charge in [0.1, 0.15) is 0 Å². The highest BCUT2D eigenvalue weighted by Crippen LogP contribution is 2.14. The molecule has 0 aliphatic carbocycles.